The maximum Gasteiger partial charge on any atom is 0.227 e. The Kier molecular flexibility index (Phi) is 4.81. The number of rotatable bonds is 4. The van der Waals surface area contributed by atoms with Gasteiger partial charge in [-0.05, 0) is 12.1 Å². The van der Waals surface area contributed by atoms with Gasteiger partial charge in [-0.25, -0.2) is 4.98 Å². The predicted molar refractivity (Wildman–Crippen MR) is 71.5 cm³/mol. The summed E-state index contributed by atoms with van der Waals surface area (Å²) >= 11 is 0. The van der Waals surface area contributed by atoms with Gasteiger partial charge in [0.1, 0.15) is 12.4 Å². The molecule has 2 aromatic heterocycles. The minimum atomic E-state index is -0.206. The predicted octanol–water partition coefficient (Wildman–Crippen LogP) is 0.0457. The SMILES string of the molecule is O=C(CCn1ccnn1)Nc1cc(C#CCO)ccn1. The first-order valence-corrected chi connectivity index (χ1v) is 5.97. The molecule has 7 nitrogen and oxygen atoms in total. The minimum Gasteiger partial charge on any atom is -0.384 e. The summed E-state index contributed by atoms with van der Waals surface area (Å²) in [6.07, 6.45) is 5.07. The van der Waals surface area contributed by atoms with E-state index < -0.39 is 0 Å². The Morgan fingerprint density at radius 2 is 2.35 bits per heavy atom. The molecule has 0 bridgehead atoms. The van der Waals surface area contributed by atoms with Crippen LogP contribution in [0.1, 0.15) is 12.0 Å². The summed E-state index contributed by atoms with van der Waals surface area (Å²) in [4.78, 5) is 15.8. The number of nitrogens with zero attached hydrogens (tertiary/aromatic N) is 4. The number of pyridine rings is 1. The number of aliphatic hydroxyl groups is 1. The molecule has 2 aromatic rings. The number of anilines is 1. The molecule has 2 N–H and O–H groups in total. The number of carbonyl (C=O) groups is 1. The zero-order valence-electron chi connectivity index (χ0n) is 10.7. The van der Waals surface area contributed by atoms with Gasteiger partial charge in [-0.15, -0.1) is 5.10 Å². The molecule has 0 spiro atoms. The molecule has 0 atom stereocenters. The monoisotopic (exact) mass is 271 g/mol. The van der Waals surface area contributed by atoms with Crippen LogP contribution in [0.25, 0.3) is 0 Å². The first-order valence-electron chi connectivity index (χ1n) is 5.97. The molecule has 20 heavy (non-hydrogen) atoms. The van der Waals surface area contributed by atoms with Crippen LogP contribution in [-0.2, 0) is 11.3 Å². The zero-order valence-corrected chi connectivity index (χ0v) is 10.7. The summed E-state index contributed by atoms with van der Waals surface area (Å²) in [5, 5.41) is 18.7. The van der Waals surface area contributed by atoms with Crippen LogP contribution in [0.2, 0.25) is 0 Å². The number of amides is 1. The van der Waals surface area contributed by atoms with Gasteiger partial charge in [0.15, 0.2) is 0 Å². The molecule has 1 amide bonds. The maximum atomic E-state index is 11.7. The first-order chi connectivity index (χ1) is 9.78. The van der Waals surface area contributed by atoms with Crippen LogP contribution in [-0.4, -0.2) is 37.6 Å². The van der Waals surface area contributed by atoms with E-state index in [0.29, 0.717) is 17.9 Å². The molecule has 0 radical (unpaired) electrons. The number of aryl methyl sites for hydroxylation is 1. The number of hydrogen-bond acceptors (Lipinski definition) is 5. The lowest BCUT2D eigenvalue weighted by Crippen LogP contribution is -2.15. The topological polar surface area (TPSA) is 92.9 Å². The fraction of sp³-hybridized carbons (Fsp3) is 0.231. The van der Waals surface area contributed by atoms with Gasteiger partial charge < -0.3 is 10.4 Å². The molecule has 0 aromatic carbocycles. The number of aromatic nitrogens is 4. The molecule has 0 aliphatic carbocycles. The van der Waals surface area contributed by atoms with Crippen LogP contribution in [0.4, 0.5) is 5.82 Å². The highest BCUT2D eigenvalue weighted by Crippen LogP contribution is 2.06. The van der Waals surface area contributed by atoms with Gasteiger partial charge in [-0.1, -0.05) is 17.1 Å². The van der Waals surface area contributed by atoms with Gasteiger partial charge in [0.2, 0.25) is 5.91 Å². The molecule has 0 aliphatic heterocycles. The lowest BCUT2D eigenvalue weighted by Gasteiger charge is -2.04. The van der Waals surface area contributed by atoms with Gasteiger partial charge in [0, 0.05) is 24.4 Å². The van der Waals surface area contributed by atoms with Crippen molar-refractivity contribution in [1.29, 1.82) is 0 Å². The van der Waals surface area contributed by atoms with E-state index in [2.05, 4.69) is 32.5 Å². The summed E-state index contributed by atoms with van der Waals surface area (Å²) < 4.78 is 1.58. The summed E-state index contributed by atoms with van der Waals surface area (Å²) in [6.45, 7) is 0.248. The molecule has 7 heteroatoms. The smallest absolute Gasteiger partial charge is 0.227 e. The Morgan fingerprint density at radius 1 is 1.45 bits per heavy atom. The maximum absolute atomic E-state index is 11.7. The van der Waals surface area contributed by atoms with E-state index >= 15 is 0 Å². The van der Waals surface area contributed by atoms with Crippen LogP contribution in [0.5, 0.6) is 0 Å². The van der Waals surface area contributed by atoms with Crippen molar-refractivity contribution in [3.05, 3.63) is 36.3 Å². The highest BCUT2D eigenvalue weighted by atomic mass is 16.2. The normalized spacial score (nSPS) is 9.65. The van der Waals surface area contributed by atoms with Crippen molar-refractivity contribution >= 4 is 11.7 Å². The van der Waals surface area contributed by atoms with Gasteiger partial charge in [0.05, 0.1) is 12.7 Å². The Bertz CT molecular complexity index is 628. The molecular formula is C13H13N5O2. The molecule has 0 unspecified atom stereocenters. The number of aliphatic hydroxyl groups excluding tert-OH is 1. The van der Waals surface area contributed by atoms with Crippen molar-refractivity contribution in [3.63, 3.8) is 0 Å². The van der Waals surface area contributed by atoms with Crippen molar-refractivity contribution in [3.8, 4) is 11.8 Å². The van der Waals surface area contributed by atoms with E-state index in [1.807, 2.05) is 0 Å². The molecule has 102 valence electrons. The summed E-state index contributed by atoms with van der Waals surface area (Å²) in [6, 6.07) is 3.35. The average molecular weight is 271 g/mol. The Morgan fingerprint density at radius 3 is 3.10 bits per heavy atom. The first kappa shape index (κ1) is 13.7. The molecule has 0 saturated carbocycles. The lowest BCUT2D eigenvalue weighted by atomic mass is 10.2. The standard InChI is InChI=1S/C13H13N5O2/c19-9-1-2-11-3-5-14-12(10-11)16-13(20)4-7-18-8-6-15-17-18/h3,5-6,8,10,19H,4,7,9H2,(H,14,16,20). The molecule has 2 rings (SSSR count). The van der Waals surface area contributed by atoms with Gasteiger partial charge in [-0.3, -0.25) is 9.48 Å². The van der Waals surface area contributed by atoms with E-state index in [-0.39, 0.29) is 18.9 Å². The summed E-state index contributed by atoms with van der Waals surface area (Å²) in [5.41, 5.74) is 0.681. The molecule has 0 aliphatic rings. The highest BCUT2D eigenvalue weighted by molar-refractivity contribution is 5.89. The van der Waals surface area contributed by atoms with Gasteiger partial charge in [0.25, 0.3) is 0 Å². The quantitative estimate of drug-likeness (QED) is 0.766. The van der Waals surface area contributed by atoms with Crippen molar-refractivity contribution in [2.24, 2.45) is 0 Å². The summed E-state index contributed by atoms with van der Waals surface area (Å²) in [5.74, 6) is 5.55. The average Bonchev–Trinajstić information content (AvgIpc) is 2.97. The molecule has 0 fully saturated rings. The van der Waals surface area contributed by atoms with E-state index in [0.717, 1.165) is 0 Å². The molecule has 0 saturated heterocycles. The lowest BCUT2D eigenvalue weighted by molar-refractivity contribution is -0.116. The zero-order chi connectivity index (χ0) is 14.2. The third-order valence-corrected chi connectivity index (χ3v) is 2.38. The van der Waals surface area contributed by atoms with Crippen LogP contribution in [0.3, 0.4) is 0 Å². The van der Waals surface area contributed by atoms with Crippen molar-refractivity contribution in [1.82, 2.24) is 20.0 Å². The molecular weight excluding hydrogens is 258 g/mol. The Balaban J connectivity index is 1.90. The highest BCUT2D eigenvalue weighted by Gasteiger charge is 2.04. The second kappa shape index (κ2) is 7.01. The van der Waals surface area contributed by atoms with E-state index in [1.54, 1.807) is 35.4 Å². The largest absolute Gasteiger partial charge is 0.384 e. The van der Waals surface area contributed by atoms with E-state index in [9.17, 15) is 4.79 Å². The van der Waals surface area contributed by atoms with Crippen LogP contribution in [0, 0.1) is 11.8 Å². The second-order valence-electron chi connectivity index (χ2n) is 3.85. The Labute approximate surface area is 115 Å². The third-order valence-electron chi connectivity index (χ3n) is 2.38. The van der Waals surface area contributed by atoms with E-state index in [4.69, 9.17) is 5.11 Å². The number of hydrogen-bond donors (Lipinski definition) is 2. The van der Waals surface area contributed by atoms with Crippen LogP contribution in [0.15, 0.2) is 30.7 Å². The fourth-order valence-corrected chi connectivity index (χ4v) is 1.49. The second-order valence-corrected chi connectivity index (χ2v) is 3.85. The van der Waals surface area contributed by atoms with Gasteiger partial charge in [-0.2, -0.15) is 0 Å². The molecule has 2 heterocycles. The van der Waals surface area contributed by atoms with E-state index in [1.165, 1.54) is 0 Å². The minimum absolute atomic E-state index is 0.166. The van der Waals surface area contributed by atoms with Crippen LogP contribution >= 0.6 is 0 Å². The Hall–Kier alpha value is -2.72. The van der Waals surface area contributed by atoms with Gasteiger partial charge >= 0.3 is 0 Å². The number of carbonyl (C=O) groups excluding carboxylic acids is 1. The van der Waals surface area contributed by atoms with Crippen LogP contribution < -0.4 is 5.32 Å². The number of nitrogens with one attached hydrogen (secondary N) is 1. The fourth-order valence-electron chi connectivity index (χ4n) is 1.49. The van der Waals surface area contributed by atoms with Crippen molar-refractivity contribution in [2.45, 2.75) is 13.0 Å². The third kappa shape index (κ3) is 4.19. The van der Waals surface area contributed by atoms with Crippen molar-refractivity contribution < 1.29 is 9.90 Å². The summed E-state index contributed by atoms with van der Waals surface area (Å²) in [7, 11) is 0. The van der Waals surface area contributed by atoms with Crippen molar-refractivity contribution in [2.75, 3.05) is 11.9 Å².